The highest BCUT2D eigenvalue weighted by atomic mass is 32.1. The highest BCUT2D eigenvalue weighted by Gasteiger charge is 2.32. The van der Waals surface area contributed by atoms with Crippen LogP contribution in [0.3, 0.4) is 0 Å². The summed E-state index contributed by atoms with van der Waals surface area (Å²) in [6.07, 6.45) is 4.34. The SMILES string of the molecule is C[C@H](CC(=O)c1nc(-c2nccs2)sc1C1CC1)c1ccc(C(=O)NO)cc1. The van der Waals surface area contributed by atoms with Crippen LogP contribution in [-0.2, 0) is 0 Å². The first-order valence-electron chi connectivity index (χ1n) is 9.05. The molecule has 0 aliphatic heterocycles. The van der Waals surface area contributed by atoms with Gasteiger partial charge >= 0.3 is 0 Å². The van der Waals surface area contributed by atoms with Gasteiger partial charge in [-0.15, -0.1) is 22.7 Å². The molecule has 1 aromatic carbocycles. The standard InChI is InChI=1S/C20H19N3O3S2/c1-11(12-2-6-14(7-3-12)18(25)23-26)10-15(24)16-17(13-4-5-13)28-20(22-16)19-21-8-9-27-19/h2-3,6-9,11,13,26H,4-5,10H2,1H3,(H,23,25)/t11-/m1/s1. The Morgan fingerprint density at radius 3 is 2.61 bits per heavy atom. The molecule has 2 heterocycles. The molecule has 4 rings (SSSR count). The highest BCUT2D eigenvalue weighted by molar-refractivity contribution is 7.20. The molecule has 8 heteroatoms. The van der Waals surface area contributed by atoms with Crippen LogP contribution in [0.5, 0.6) is 0 Å². The first kappa shape index (κ1) is 18.9. The predicted octanol–water partition coefficient (Wildman–Crippen LogP) is 4.64. The molecule has 1 amide bonds. The zero-order valence-electron chi connectivity index (χ0n) is 15.2. The molecule has 0 radical (unpaired) electrons. The molecule has 0 saturated heterocycles. The maximum absolute atomic E-state index is 13.0. The molecule has 1 fully saturated rings. The third kappa shape index (κ3) is 3.89. The van der Waals surface area contributed by atoms with Gasteiger partial charge in [0.2, 0.25) is 0 Å². The van der Waals surface area contributed by atoms with Crippen LogP contribution in [0, 0.1) is 0 Å². The van der Waals surface area contributed by atoms with Crippen LogP contribution in [0.4, 0.5) is 0 Å². The molecule has 1 saturated carbocycles. The van der Waals surface area contributed by atoms with Gasteiger partial charge in [0.05, 0.1) is 0 Å². The first-order chi connectivity index (χ1) is 13.6. The fourth-order valence-electron chi connectivity index (χ4n) is 3.09. The monoisotopic (exact) mass is 413 g/mol. The van der Waals surface area contributed by atoms with Crippen LogP contribution in [-0.4, -0.2) is 26.9 Å². The predicted molar refractivity (Wildman–Crippen MR) is 108 cm³/mol. The summed E-state index contributed by atoms with van der Waals surface area (Å²) in [4.78, 5) is 34.5. The summed E-state index contributed by atoms with van der Waals surface area (Å²) in [5.41, 5.74) is 3.55. The minimum absolute atomic E-state index is 0.00389. The van der Waals surface area contributed by atoms with Crippen molar-refractivity contribution in [3.05, 3.63) is 57.5 Å². The number of thiazole rings is 2. The van der Waals surface area contributed by atoms with Crippen LogP contribution in [0.2, 0.25) is 0 Å². The van der Waals surface area contributed by atoms with Gasteiger partial charge in [0.25, 0.3) is 5.91 Å². The molecule has 3 aromatic rings. The molecule has 0 unspecified atom stereocenters. The van der Waals surface area contributed by atoms with E-state index in [2.05, 4.69) is 9.97 Å². The minimum atomic E-state index is -0.554. The normalized spacial score (nSPS) is 14.6. The number of hydroxylamine groups is 1. The van der Waals surface area contributed by atoms with E-state index in [1.165, 1.54) is 11.3 Å². The number of benzene rings is 1. The van der Waals surface area contributed by atoms with E-state index in [1.807, 2.05) is 24.4 Å². The van der Waals surface area contributed by atoms with Gasteiger partial charge in [-0.3, -0.25) is 14.8 Å². The summed E-state index contributed by atoms with van der Waals surface area (Å²) >= 11 is 3.13. The van der Waals surface area contributed by atoms with Gasteiger partial charge < -0.3 is 0 Å². The Balaban J connectivity index is 1.52. The maximum Gasteiger partial charge on any atom is 0.274 e. The van der Waals surface area contributed by atoms with Gasteiger partial charge in [0.1, 0.15) is 5.69 Å². The minimum Gasteiger partial charge on any atom is -0.292 e. The summed E-state index contributed by atoms with van der Waals surface area (Å²) in [6, 6.07) is 6.90. The van der Waals surface area contributed by atoms with Crippen molar-refractivity contribution in [1.29, 1.82) is 0 Å². The number of nitrogens with one attached hydrogen (secondary N) is 1. The van der Waals surface area contributed by atoms with Crippen molar-refractivity contribution in [2.45, 2.75) is 38.0 Å². The Morgan fingerprint density at radius 2 is 2.00 bits per heavy atom. The lowest BCUT2D eigenvalue weighted by atomic mass is 9.93. The number of aromatic nitrogens is 2. The molecule has 1 aliphatic rings. The van der Waals surface area contributed by atoms with E-state index >= 15 is 0 Å². The number of amides is 1. The number of hydrogen-bond acceptors (Lipinski definition) is 7. The summed E-state index contributed by atoms with van der Waals surface area (Å²) in [6.45, 7) is 1.99. The van der Waals surface area contributed by atoms with Crippen LogP contribution in [0.25, 0.3) is 10.0 Å². The third-order valence-corrected chi connectivity index (χ3v) is 6.95. The van der Waals surface area contributed by atoms with Crippen molar-refractivity contribution >= 4 is 34.4 Å². The van der Waals surface area contributed by atoms with Crippen LogP contribution >= 0.6 is 22.7 Å². The van der Waals surface area contributed by atoms with E-state index in [4.69, 9.17) is 5.21 Å². The zero-order chi connectivity index (χ0) is 19.7. The largest absolute Gasteiger partial charge is 0.292 e. The second kappa shape index (κ2) is 7.90. The lowest BCUT2D eigenvalue weighted by molar-refractivity contribution is 0.0706. The molecular formula is C20H19N3O3S2. The topological polar surface area (TPSA) is 92.2 Å². The molecule has 0 spiro atoms. The molecule has 1 atom stereocenters. The lowest BCUT2D eigenvalue weighted by Gasteiger charge is -2.11. The zero-order valence-corrected chi connectivity index (χ0v) is 16.8. The van der Waals surface area contributed by atoms with E-state index in [0.29, 0.717) is 23.6 Å². The molecule has 2 N–H and O–H groups in total. The van der Waals surface area contributed by atoms with Gasteiger partial charge in [-0.2, -0.15) is 0 Å². The third-order valence-electron chi connectivity index (χ3n) is 4.82. The van der Waals surface area contributed by atoms with Crippen molar-refractivity contribution in [1.82, 2.24) is 15.4 Å². The molecule has 6 nitrogen and oxygen atoms in total. The Bertz CT molecular complexity index is 992. The van der Waals surface area contributed by atoms with Crippen molar-refractivity contribution in [3.63, 3.8) is 0 Å². The van der Waals surface area contributed by atoms with Crippen molar-refractivity contribution < 1.29 is 14.8 Å². The summed E-state index contributed by atoms with van der Waals surface area (Å²) in [7, 11) is 0. The fraction of sp³-hybridized carbons (Fsp3) is 0.300. The summed E-state index contributed by atoms with van der Waals surface area (Å²) in [5.74, 6) is -0.0558. The van der Waals surface area contributed by atoms with Gasteiger partial charge in [-0.1, -0.05) is 19.1 Å². The average Bonchev–Trinajstić information content (AvgIpc) is 3.23. The van der Waals surface area contributed by atoms with Gasteiger partial charge in [-0.05, 0) is 42.4 Å². The number of rotatable bonds is 7. The molecular weight excluding hydrogens is 394 g/mol. The van der Waals surface area contributed by atoms with E-state index in [-0.39, 0.29) is 11.7 Å². The van der Waals surface area contributed by atoms with Crippen LogP contribution in [0.15, 0.2) is 35.8 Å². The summed E-state index contributed by atoms with van der Waals surface area (Å²) < 4.78 is 0. The molecule has 1 aliphatic carbocycles. The molecule has 0 bridgehead atoms. The molecule has 144 valence electrons. The first-order valence-corrected chi connectivity index (χ1v) is 10.7. The second-order valence-corrected chi connectivity index (χ2v) is 8.86. The number of nitrogens with zero attached hydrogens (tertiary/aromatic N) is 2. The van der Waals surface area contributed by atoms with Gasteiger partial charge in [-0.25, -0.2) is 15.4 Å². The van der Waals surface area contributed by atoms with E-state index in [1.54, 1.807) is 35.1 Å². The van der Waals surface area contributed by atoms with Crippen molar-refractivity contribution in [2.75, 3.05) is 0 Å². The maximum atomic E-state index is 13.0. The quantitative estimate of drug-likeness (QED) is 0.334. The Kier molecular flexibility index (Phi) is 5.34. The average molecular weight is 414 g/mol. The second-order valence-electron chi connectivity index (χ2n) is 6.93. The number of carbonyl (C=O) groups excluding carboxylic acids is 2. The number of ketones is 1. The van der Waals surface area contributed by atoms with E-state index in [0.717, 1.165) is 33.3 Å². The Morgan fingerprint density at radius 1 is 1.25 bits per heavy atom. The van der Waals surface area contributed by atoms with Crippen LogP contribution in [0.1, 0.15) is 69.3 Å². The van der Waals surface area contributed by atoms with Crippen LogP contribution < -0.4 is 5.48 Å². The highest BCUT2D eigenvalue weighted by Crippen LogP contribution is 2.46. The molecule has 28 heavy (non-hydrogen) atoms. The molecule has 2 aromatic heterocycles. The van der Waals surface area contributed by atoms with Crippen molar-refractivity contribution in [2.24, 2.45) is 0 Å². The Hall–Kier alpha value is -2.42. The Labute approximate surface area is 170 Å². The van der Waals surface area contributed by atoms with Gasteiger partial charge in [0, 0.05) is 28.4 Å². The van der Waals surface area contributed by atoms with E-state index in [9.17, 15) is 9.59 Å². The summed E-state index contributed by atoms with van der Waals surface area (Å²) in [5, 5.41) is 12.3. The van der Waals surface area contributed by atoms with E-state index < -0.39 is 5.91 Å². The number of carbonyl (C=O) groups is 2. The number of Topliss-reactive ketones (excluding diaryl/α,β-unsaturated/α-hetero) is 1. The lowest BCUT2D eigenvalue weighted by Crippen LogP contribution is -2.18. The fourth-order valence-corrected chi connectivity index (χ4v) is 5.03. The van der Waals surface area contributed by atoms with Crippen molar-refractivity contribution in [3.8, 4) is 10.0 Å². The smallest absolute Gasteiger partial charge is 0.274 e. The van der Waals surface area contributed by atoms with Gasteiger partial charge in [0.15, 0.2) is 15.8 Å². The number of hydrogen-bond donors (Lipinski definition) is 2.